The van der Waals surface area contributed by atoms with E-state index >= 15 is 0 Å². The van der Waals surface area contributed by atoms with E-state index in [1.54, 1.807) is 0 Å². The van der Waals surface area contributed by atoms with E-state index in [1.807, 2.05) is 0 Å². The first-order chi connectivity index (χ1) is 18.6. The SMILES string of the molecule is CN=Cc1cc(-n2nc3c(C(F)F)cc(OCC(F)F)nc3c(-c3ccc(OC(F)F)cc3)c2=O)ccc1N. The molecule has 2 heterocycles. The largest absolute Gasteiger partial charge is 0.472 e. The maximum atomic E-state index is 14.2. The Morgan fingerprint density at radius 3 is 2.36 bits per heavy atom. The minimum absolute atomic E-state index is 0.0762. The van der Waals surface area contributed by atoms with E-state index in [2.05, 4.69) is 19.8 Å². The van der Waals surface area contributed by atoms with Crippen molar-refractivity contribution in [2.24, 2.45) is 4.99 Å². The van der Waals surface area contributed by atoms with Gasteiger partial charge in [-0.2, -0.15) is 18.6 Å². The fraction of sp³-hybridized carbons (Fsp3) is 0.200. The number of fused-ring (bicyclic) bond motifs is 1. The first-order valence-electron chi connectivity index (χ1n) is 11.1. The Morgan fingerprint density at radius 1 is 1.03 bits per heavy atom. The van der Waals surface area contributed by atoms with Gasteiger partial charge in [-0.25, -0.2) is 22.5 Å². The van der Waals surface area contributed by atoms with Crippen LogP contribution in [0.15, 0.2) is 58.3 Å². The molecule has 0 radical (unpaired) electrons. The predicted molar refractivity (Wildman–Crippen MR) is 132 cm³/mol. The third-order valence-corrected chi connectivity index (χ3v) is 5.39. The van der Waals surface area contributed by atoms with Gasteiger partial charge < -0.3 is 15.2 Å². The molecule has 4 rings (SSSR count). The van der Waals surface area contributed by atoms with Crippen LogP contribution in [0.1, 0.15) is 17.6 Å². The van der Waals surface area contributed by atoms with Gasteiger partial charge in [0.15, 0.2) is 6.61 Å². The first-order valence-corrected chi connectivity index (χ1v) is 11.1. The Kier molecular flexibility index (Phi) is 8.02. The fourth-order valence-corrected chi connectivity index (χ4v) is 3.74. The number of nitrogens with zero attached hydrogens (tertiary/aromatic N) is 4. The Morgan fingerprint density at radius 2 is 1.74 bits per heavy atom. The lowest BCUT2D eigenvalue weighted by Crippen LogP contribution is -2.24. The number of aromatic nitrogens is 3. The highest BCUT2D eigenvalue weighted by molar-refractivity contribution is 5.93. The van der Waals surface area contributed by atoms with Crippen LogP contribution in [-0.4, -0.2) is 47.7 Å². The van der Waals surface area contributed by atoms with Crippen LogP contribution >= 0.6 is 0 Å². The second kappa shape index (κ2) is 11.4. The van der Waals surface area contributed by atoms with Gasteiger partial charge in [-0.3, -0.25) is 9.79 Å². The number of nitrogens with two attached hydrogens (primary N) is 1. The van der Waals surface area contributed by atoms with Crippen LogP contribution in [0, 0.1) is 0 Å². The summed E-state index contributed by atoms with van der Waals surface area (Å²) in [5, 5.41) is 4.13. The van der Waals surface area contributed by atoms with Crippen LogP contribution in [0.3, 0.4) is 0 Å². The molecule has 0 saturated heterocycles. The smallest absolute Gasteiger partial charge is 0.387 e. The summed E-state index contributed by atoms with van der Waals surface area (Å²) < 4.78 is 89.1. The zero-order chi connectivity index (χ0) is 28.3. The van der Waals surface area contributed by atoms with Crippen molar-refractivity contribution in [1.82, 2.24) is 14.8 Å². The molecule has 0 fully saturated rings. The predicted octanol–water partition coefficient (Wildman–Crippen LogP) is 5.26. The first kappa shape index (κ1) is 27.4. The molecule has 39 heavy (non-hydrogen) atoms. The molecular formula is C25H19F6N5O3. The van der Waals surface area contributed by atoms with Gasteiger partial charge in [0.2, 0.25) is 5.88 Å². The van der Waals surface area contributed by atoms with Crippen molar-refractivity contribution < 1.29 is 35.8 Å². The number of rotatable bonds is 9. The highest BCUT2D eigenvalue weighted by Crippen LogP contribution is 2.34. The van der Waals surface area contributed by atoms with Crippen molar-refractivity contribution >= 4 is 22.9 Å². The number of halogens is 6. The molecule has 204 valence electrons. The van der Waals surface area contributed by atoms with Gasteiger partial charge in [0.1, 0.15) is 16.8 Å². The Balaban J connectivity index is 2.05. The van der Waals surface area contributed by atoms with E-state index in [0.717, 1.165) is 22.9 Å². The van der Waals surface area contributed by atoms with E-state index in [-0.39, 0.29) is 28.1 Å². The molecule has 0 bridgehead atoms. The molecule has 0 unspecified atom stereocenters. The van der Waals surface area contributed by atoms with Crippen molar-refractivity contribution in [3.05, 3.63) is 70.0 Å². The van der Waals surface area contributed by atoms with Crippen molar-refractivity contribution in [3.63, 3.8) is 0 Å². The van der Waals surface area contributed by atoms with Crippen molar-refractivity contribution in [3.8, 4) is 28.4 Å². The Hall–Kier alpha value is -4.62. The van der Waals surface area contributed by atoms with Gasteiger partial charge in [-0.1, -0.05) is 12.1 Å². The number of hydrogen-bond acceptors (Lipinski definition) is 7. The highest BCUT2D eigenvalue weighted by Gasteiger charge is 2.24. The van der Waals surface area contributed by atoms with Gasteiger partial charge in [0.25, 0.3) is 18.4 Å². The molecule has 8 nitrogen and oxygen atoms in total. The third-order valence-electron chi connectivity index (χ3n) is 5.39. The van der Waals surface area contributed by atoms with Crippen LogP contribution in [0.5, 0.6) is 11.6 Å². The molecule has 4 aromatic rings. The Bertz CT molecular complexity index is 1580. The molecular weight excluding hydrogens is 532 g/mol. The zero-order valence-electron chi connectivity index (χ0n) is 20.0. The molecule has 2 N–H and O–H groups in total. The molecule has 14 heteroatoms. The summed E-state index contributed by atoms with van der Waals surface area (Å²) in [6.45, 7) is -4.24. The number of nitrogen functional groups attached to an aromatic ring is 1. The Labute approximate surface area is 216 Å². The number of anilines is 1. The van der Waals surface area contributed by atoms with Crippen LogP contribution in [0.4, 0.5) is 32.0 Å². The summed E-state index contributed by atoms with van der Waals surface area (Å²) in [4.78, 5) is 21.7. The van der Waals surface area contributed by atoms with E-state index in [0.29, 0.717) is 11.3 Å². The molecule has 2 aromatic carbocycles. The van der Waals surface area contributed by atoms with Gasteiger partial charge in [-0.15, -0.1) is 0 Å². The third kappa shape index (κ3) is 5.94. The molecule has 0 amide bonds. The normalized spacial score (nSPS) is 11.8. The minimum atomic E-state index is -3.16. The van der Waals surface area contributed by atoms with Crippen LogP contribution in [0.2, 0.25) is 0 Å². The van der Waals surface area contributed by atoms with Crippen LogP contribution in [-0.2, 0) is 0 Å². The average molecular weight is 551 g/mol. The van der Waals surface area contributed by atoms with Crippen molar-refractivity contribution in [2.45, 2.75) is 19.5 Å². The van der Waals surface area contributed by atoms with Gasteiger partial charge >= 0.3 is 6.61 Å². The zero-order valence-corrected chi connectivity index (χ0v) is 20.0. The standard InChI is InChI=1S/C25H19F6N5O3/c1-33-10-13-8-14(4-7-17(13)32)36-24(37)20(12-2-5-15(6-3-12)39-25(30)31)22-21(35-36)16(23(28)29)9-19(34-22)38-11-18(26)27/h2-10,18,23,25H,11,32H2,1H3. The van der Waals surface area contributed by atoms with E-state index in [4.69, 9.17) is 10.5 Å². The summed E-state index contributed by atoms with van der Waals surface area (Å²) >= 11 is 0. The lowest BCUT2D eigenvalue weighted by Gasteiger charge is -2.15. The minimum Gasteiger partial charge on any atom is -0.472 e. The van der Waals surface area contributed by atoms with E-state index in [9.17, 15) is 31.1 Å². The average Bonchev–Trinajstić information content (AvgIpc) is 2.88. The number of benzene rings is 2. The van der Waals surface area contributed by atoms with Gasteiger partial charge in [0.05, 0.1) is 16.8 Å². The van der Waals surface area contributed by atoms with Gasteiger partial charge in [-0.05, 0) is 35.9 Å². The summed E-state index contributed by atoms with van der Waals surface area (Å²) in [5.74, 6) is -0.804. The number of hydrogen-bond donors (Lipinski definition) is 1. The molecule has 0 aliphatic carbocycles. The quantitative estimate of drug-likeness (QED) is 0.173. The number of ether oxygens (including phenoxy) is 2. The lowest BCUT2D eigenvalue weighted by atomic mass is 10.0. The number of pyridine rings is 1. The second-order valence-corrected chi connectivity index (χ2v) is 7.95. The topological polar surface area (TPSA) is 105 Å². The fourth-order valence-electron chi connectivity index (χ4n) is 3.74. The van der Waals surface area contributed by atoms with Crippen LogP contribution < -0.4 is 20.8 Å². The van der Waals surface area contributed by atoms with Gasteiger partial charge in [0, 0.05) is 30.6 Å². The molecule has 0 spiro atoms. The summed E-state index contributed by atoms with van der Waals surface area (Å²) in [6, 6.07) is 9.89. The lowest BCUT2D eigenvalue weighted by molar-refractivity contribution is -0.0498. The van der Waals surface area contributed by atoms with Crippen molar-refractivity contribution in [1.29, 1.82) is 0 Å². The molecule has 0 aliphatic heterocycles. The van der Waals surface area contributed by atoms with E-state index in [1.165, 1.54) is 43.6 Å². The number of alkyl halides is 6. The molecule has 2 aromatic heterocycles. The maximum Gasteiger partial charge on any atom is 0.387 e. The van der Waals surface area contributed by atoms with Crippen molar-refractivity contribution in [2.75, 3.05) is 19.4 Å². The maximum absolute atomic E-state index is 14.2. The van der Waals surface area contributed by atoms with Crippen LogP contribution in [0.25, 0.3) is 27.8 Å². The van der Waals surface area contributed by atoms with E-state index < -0.39 is 48.6 Å². The summed E-state index contributed by atoms with van der Waals surface area (Å²) in [7, 11) is 1.50. The second-order valence-electron chi connectivity index (χ2n) is 7.95. The molecule has 0 saturated carbocycles. The highest BCUT2D eigenvalue weighted by atomic mass is 19.3. The molecule has 0 aliphatic rings. The number of aliphatic imine (C=N–C) groups is 1. The molecule has 0 atom stereocenters. The summed E-state index contributed by atoms with van der Waals surface area (Å²) in [5.41, 5.74) is 4.27. The summed E-state index contributed by atoms with van der Waals surface area (Å²) in [6.07, 6.45) is -4.66. The monoisotopic (exact) mass is 551 g/mol.